The number of hydrazone groups is 1. The topological polar surface area (TPSA) is 87.6 Å². The van der Waals surface area contributed by atoms with Gasteiger partial charge in [-0.1, -0.05) is 0 Å². The van der Waals surface area contributed by atoms with Crippen LogP contribution in [0, 0.1) is 6.92 Å². The fourth-order valence-corrected chi connectivity index (χ4v) is 3.34. The summed E-state index contributed by atoms with van der Waals surface area (Å²) in [6, 6.07) is 0. The van der Waals surface area contributed by atoms with Gasteiger partial charge in [-0.2, -0.15) is 5.10 Å². The van der Waals surface area contributed by atoms with Crippen LogP contribution in [-0.4, -0.2) is 45.5 Å². The lowest BCUT2D eigenvalue weighted by molar-refractivity contribution is -0.132. The second kappa shape index (κ2) is 7.51. The van der Waals surface area contributed by atoms with Gasteiger partial charge in [0, 0.05) is 49.5 Å². The van der Waals surface area contributed by atoms with Crippen molar-refractivity contribution in [2.45, 2.75) is 51.4 Å². The fraction of sp³-hybridized carbons (Fsp3) is 0.588. The van der Waals surface area contributed by atoms with Gasteiger partial charge in [0.15, 0.2) is 0 Å². The number of nitrogens with zero attached hydrogens (tertiary/aromatic N) is 4. The first kappa shape index (κ1) is 16.5. The zero-order valence-electron chi connectivity index (χ0n) is 14.0. The van der Waals surface area contributed by atoms with Crippen LogP contribution < -0.4 is 5.43 Å². The molecule has 2 aliphatic rings. The third-order valence-electron chi connectivity index (χ3n) is 4.78. The molecule has 3 rings (SSSR count). The lowest BCUT2D eigenvalue weighted by Crippen LogP contribution is -2.38. The fourth-order valence-electron chi connectivity index (χ4n) is 3.34. The van der Waals surface area contributed by atoms with Crippen molar-refractivity contribution >= 4 is 17.5 Å². The molecule has 1 N–H and O–H groups in total. The maximum Gasteiger partial charge on any atom is 0.240 e. The standard InChI is InChI=1S/C17H23N5O2/c1-12-10-18-11-19-17(12)13-6-8-22(9-7-13)16(24)5-3-14-2-4-15(23)21-20-14/h10-11,13H,2-9H2,1H3,(H,21,23). The molecule has 24 heavy (non-hydrogen) atoms. The van der Waals surface area contributed by atoms with Crippen LogP contribution in [-0.2, 0) is 9.59 Å². The Morgan fingerprint density at radius 1 is 1.33 bits per heavy atom. The highest BCUT2D eigenvalue weighted by molar-refractivity contribution is 5.94. The number of hydrogen-bond acceptors (Lipinski definition) is 5. The second-order valence-electron chi connectivity index (χ2n) is 6.46. The first-order valence-electron chi connectivity index (χ1n) is 8.52. The Balaban J connectivity index is 1.47. The van der Waals surface area contributed by atoms with E-state index in [1.165, 1.54) is 0 Å². The molecule has 1 saturated heterocycles. The molecule has 0 radical (unpaired) electrons. The smallest absolute Gasteiger partial charge is 0.240 e. The van der Waals surface area contributed by atoms with Crippen LogP contribution in [0.5, 0.6) is 0 Å². The quantitative estimate of drug-likeness (QED) is 0.907. The predicted octanol–water partition coefficient (Wildman–Crippen LogP) is 1.54. The molecule has 3 heterocycles. The van der Waals surface area contributed by atoms with Crippen molar-refractivity contribution in [3.63, 3.8) is 0 Å². The summed E-state index contributed by atoms with van der Waals surface area (Å²) in [5.74, 6) is 0.537. The molecule has 0 unspecified atom stereocenters. The summed E-state index contributed by atoms with van der Waals surface area (Å²) in [4.78, 5) is 33.8. The summed E-state index contributed by atoms with van der Waals surface area (Å²) in [5, 5.41) is 4.02. The number of rotatable bonds is 4. The summed E-state index contributed by atoms with van der Waals surface area (Å²) in [5.41, 5.74) is 5.63. The Kier molecular flexibility index (Phi) is 5.17. The molecule has 2 aliphatic heterocycles. The molecule has 7 nitrogen and oxygen atoms in total. The lowest BCUT2D eigenvalue weighted by Gasteiger charge is -2.32. The normalized spacial score (nSPS) is 19.0. The molecule has 0 saturated carbocycles. The largest absolute Gasteiger partial charge is 0.343 e. The first-order valence-corrected chi connectivity index (χ1v) is 8.52. The molecule has 128 valence electrons. The van der Waals surface area contributed by atoms with Crippen molar-refractivity contribution in [3.8, 4) is 0 Å². The van der Waals surface area contributed by atoms with Crippen LogP contribution in [0.4, 0.5) is 0 Å². The van der Waals surface area contributed by atoms with Gasteiger partial charge in [0.05, 0.1) is 0 Å². The molecular weight excluding hydrogens is 306 g/mol. The van der Waals surface area contributed by atoms with E-state index in [0.29, 0.717) is 31.6 Å². The molecule has 1 aromatic rings. The van der Waals surface area contributed by atoms with Gasteiger partial charge in [-0.05, 0) is 38.2 Å². The van der Waals surface area contributed by atoms with Crippen molar-refractivity contribution in [2.75, 3.05) is 13.1 Å². The highest BCUT2D eigenvalue weighted by Gasteiger charge is 2.25. The van der Waals surface area contributed by atoms with Crippen LogP contribution in [0.3, 0.4) is 0 Å². The number of aryl methyl sites for hydroxylation is 1. The lowest BCUT2D eigenvalue weighted by atomic mass is 9.91. The van der Waals surface area contributed by atoms with Crippen molar-refractivity contribution in [1.29, 1.82) is 0 Å². The molecule has 7 heteroatoms. The molecule has 1 fully saturated rings. The van der Waals surface area contributed by atoms with Crippen molar-refractivity contribution in [3.05, 3.63) is 23.8 Å². The minimum atomic E-state index is -0.0489. The average Bonchev–Trinajstić information content (AvgIpc) is 2.61. The van der Waals surface area contributed by atoms with E-state index in [4.69, 9.17) is 0 Å². The van der Waals surface area contributed by atoms with E-state index in [9.17, 15) is 9.59 Å². The first-order chi connectivity index (χ1) is 11.6. The van der Waals surface area contributed by atoms with E-state index >= 15 is 0 Å². The third kappa shape index (κ3) is 3.96. The van der Waals surface area contributed by atoms with Gasteiger partial charge in [0.25, 0.3) is 0 Å². The number of likely N-dealkylation sites (tertiary alicyclic amines) is 1. The highest BCUT2D eigenvalue weighted by atomic mass is 16.2. The number of carbonyl (C=O) groups is 2. The number of piperidine rings is 1. The van der Waals surface area contributed by atoms with Gasteiger partial charge in [-0.3, -0.25) is 9.59 Å². The maximum atomic E-state index is 12.4. The SMILES string of the molecule is Cc1cncnc1C1CCN(C(=O)CCC2=NNC(=O)CC2)CC1. The summed E-state index contributed by atoms with van der Waals surface area (Å²) in [6.07, 6.45) is 7.56. The highest BCUT2D eigenvalue weighted by Crippen LogP contribution is 2.28. The Morgan fingerprint density at radius 2 is 2.12 bits per heavy atom. The van der Waals surface area contributed by atoms with E-state index in [1.54, 1.807) is 6.33 Å². The summed E-state index contributed by atoms with van der Waals surface area (Å²) in [6.45, 7) is 3.59. The molecule has 0 bridgehead atoms. The van der Waals surface area contributed by atoms with Crippen LogP contribution in [0.2, 0.25) is 0 Å². The van der Waals surface area contributed by atoms with Crippen molar-refractivity contribution < 1.29 is 9.59 Å². The Hall–Kier alpha value is -2.31. The molecule has 0 aromatic carbocycles. The molecule has 0 aliphatic carbocycles. The molecule has 0 spiro atoms. The predicted molar refractivity (Wildman–Crippen MR) is 89.4 cm³/mol. The Labute approximate surface area is 141 Å². The van der Waals surface area contributed by atoms with Gasteiger partial charge in [-0.15, -0.1) is 0 Å². The van der Waals surface area contributed by atoms with Crippen LogP contribution in [0.25, 0.3) is 0 Å². The Bertz CT molecular complexity index is 650. The zero-order chi connectivity index (χ0) is 16.9. The third-order valence-corrected chi connectivity index (χ3v) is 4.78. The van der Waals surface area contributed by atoms with Crippen molar-refractivity contribution in [1.82, 2.24) is 20.3 Å². The monoisotopic (exact) mass is 329 g/mol. The van der Waals surface area contributed by atoms with E-state index in [-0.39, 0.29) is 11.8 Å². The van der Waals surface area contributed by atoms with E-state index in [1.807, 2.05) is 18.0 Å². The molecular formula is C17H23N5O2. The molecule has 1 aromatic heterocycles. The number of carbonyl (C=O) groups excluding carboxylic acids is 2. The van der Waals surface area contributed by atoms with Crippen LogP contribution in [0.15, 0.2) is 17.6 Å². The van der Waals surface area contributed by atoms with Crippen LogP contribution >= 0.6 is 0 Å². The Morgan fingerprint density at radius 3 is 2.79 bits per heavy atom. The average molecular weight is 329 g/mol. The van der Waals surface area contributed by atoms with Gasteiger partial charge < -0.3 is 4.90 Å². The van der Waals surface area contributed by atoms with E-state index in [2.05, 4.69) is 20.5 Å². The minimum Gasteiger partial charge on any atom is -0.343 e. The van der Waals surface area contributed by atoms with Gasteiger partial charge >= 0.3 is 0 Å². The van der Waals surface area contributed by atoms with Gasteiger partial charge in [-0.25, -0.2) is 15.4 Å². The van der Waals surface area contributed by atoms with Crippen molar-refractivity contribution in [2.24, 2.45) is 5.10 Å². The minimum absolute atomic E-state index is 0.0489. The summed E-state index contributed by atoms with van der Waals surface area (Å²) >= 11 is 0. The van der Waals surface area contributed by atoms with E-state index < -0.39 is 0 Å². The summed E-state index contributed by atoms with van der Waals surface area (Å²) in [7, 11) is 0. The number of nitrogens with one attached hydrogen (secondary N) is 1. The van der Waals surface area contributed by atoms with Crippen LogP contribution in [0.1, 0.15) is 55.7 Å². The number of hydrogen-bond donors (Lipinski definition) is 1. The molecule has 2 amide bonds. The van der Waals surface area contributed by atoms with E-state index in [0.717, 1.165) is 42.9 Å². The maximum absolute atomic E-state index is 12.4. The number of aromatic nitrogens is 2. The van der Waals surface area contributed by atoms with Gasteiger partial charge in [0.2, 0.25) is 11.8 Å². The zero-order valence-corrected chi connectivity index (χ0v) is 14.0. The second-order valence-corrected chi connectivity index (χ2v) is 6.46. The van der Waals surface area contributed by atoms with Gasteiger partial charge in [0.1, 0.15) is 6.33 Å². The summed E-state index contributed by atoms with van der Waals surface area (Å²) < 4.78 is 0. The molecule has 0 atom stereocenters. The number of amides is 2.